The summed E-state index contributed by atoms with van der Waals surface area (Å²) in [7, 11) is 0. The minimum Gasteiger partial charge on any atom is -0.452 e. The van der Waals surface area contributed by atoms with Crippen LogP contribution >= 0.6 is 11.8 Å². The minimum absolute atomic E-state index is 0.127. The summed E-state index contributed by atoms with van der Waals surface area (Å²) in [6.07, 6.45) is 1.81. The van der Waals surface area contributed by atoms with E-state index in [4.69, 9.17) is 4.74 Å². The molecular weight excluding hydrogens is 342 g/mol. The van der Waals surface area contributed by atoms with Crippen molar-refractivity contribution < 1.29 is 19.1 Å². The van der Waals surface area contributed by atoms with E-state index in [1.807, 2.05) is 0 Å². The number of anilines is 1. The number of esters is 1. The molecule has 1 aliphatic heterocycles. The van der Waals surface area contributed by atoms with E-state index in [2.05, 4.69) is 16.7 Å². The Morgan fingerprint density at radius 2 is 2.24 bits per heavy atom. The fraction of sp³-hybridized carbons (Fsp3) is 0.412. The Balaban J connectivity index is 1.57. The second kappa shape index (κ2) is 6.76. The fourth-order valence-electron chi connectivity index (χ4n) is 2.63. The molecular formula is C17H17N3O4S. The maximum absolute atomic E-state index is 12.1. The molecule has 1 saturated carbocycles. The number of nitrogens with zero attached hydrogens (tertiary/aromatic N) is 1. The third kappa shape index (κ3) is 3.94. The highest BCUT2D eigenvalue weighted by Gasteiger charge is 2.43. The van der Waals surface area contributed by atoms with Crippen LogP contribution in [-0.4, -0.2) is 35.7 Å². The molecule has 0 spiro atoms. The van der Waals surface area contributed by atoms with Gasteiger partial charge in [0.2, 0.25) is 5.91 Å². The minimum atomic E-state index is -0.920. The Hall–Kier alpha value is -2.53. The van der Waals surface area contributed by atoms with Gasteiger partial charge in [-0.2, -0.15) is 5.26 Å². The van der Waals surface area contributed by atoms with E-state index in [0.29, 0.717) is 11.4 Å². The molecule has 8 heteroatoms. The van der Waals surface area contributed by atoms with Gasteiger partial charge < -0.3 is 15.4 Å². The maximum atomic E-state index is 12.1. The molecule has 130 valence electrons. The van der Waals surface area contributed by atoms with E-state index in [1.54, 1.807) is 19.1 Å². The quantitative estimate of drug-likeness (QED) is 0.775. The highest BCUT2D eigenvalue weighted by molar-refractivity contribution is 8.00. The molecule has 1 heterocycles. The second-order valence-electron chi connectivity index (χ2n) is 6.26. The molecule has 0 radical (unpaired) electrons. The average molecular weight is 359 g/mol. The molecule has 1 aliphatic carbocycles. The largest absolute Gasteiger partial charge is 0.452 e. The number of ether oxygens (including phenoxy) is 1. The van der Waals surface area contributed by atoms with Crippen LogP contribution in [0.2, 0.25) is 0 Å². The van der Waals surface area contributed by atoms with Gasteiger partial charge in [0.05, 0.1) is 23.1 Å². The number of hydrogen-bond acceptors (Lipinski definition) is 6. The zero-order valence-electron chi connectivity index (χ0n) is 13.6. The SMILES string of the molecule is CC(C#N)(NC(=O)COC(=O)c1ccc2c(c1)NC(=O)CS2)C1CC1. The van der Waals surface area contributed by atoms with Gasteiger partial charge in [0.15, 0.2) is 6.61 Å². The van der Waals surface area contributed by atoms with E-state index in [0.717, 1.165) is 17.7 Å². The number of amides is 2. The van der Waals surface area contributed by atoms with Crippen molar-refractivity contribution in [2.45, 2.75) is 30.2 Å². The van der Waals surface area contributed by atoms with Gasteiger partial charge in [-0.1, -0.05) is 0 Å². The first-order valence-corrected chi connectivity index (χ1v) is 8.86. The Morgan fingerprint density at radius 3 is 2.92 bits per heavy atom. The monoisotopic (exact) mass is 359 g/mol. The predicted molar refractivity (Wildman–Crippen MR) is 91.0 cm³/mol. The van der Waals surface area contributed by atoms with E-state index in [1.165, 1.54) is 17.8 Å². The van der Waals surface area contributed by atoms with Crippen LogP contribution in [-0.2, 0) is 14.3 Å². The van der Waals surface area contributed by atoms with E-state index >= 15 is 0 Å². The molecule has 2 amide bonds. The smallest absolute Gasteiger partial charge is 0.338 e. The van der Waals surface area contributed by atoms with Gasteiger partial charge in [-0.25, -0.2) is 4.79 Å². The molecule has 1 aromatic carbocycles. The molecule has 0 bridgehead atoms. The van der Waals surface area contributed by atoms with Gasteiger partial charge >= 0.3 is 5.97 Å². The predicted octanol–water partition coefficient (Wildman–Crippen LogP) is 1.70. The molecule has 2 N–H and O–H groups in total. The normalized spacial score (nSPS) is 18.2. The zero-order chi connectivity index (χ0) is 18.0. The molecule has 1 aromatic rings. The van der Waals surface area contributed by atoms with Crippen LogP contribution in [0.25, 0.3) is 0 Å². The van der Waals surface area contributed by atoms with Crippen molar-refractivity contribution in [2.24, 2.45) is 5.92 Å². The lowest BCUT2D eigenvalue weighted by molar-refractivity contribution is -0.125. The first kappa shape index (κ1) is 17.3. The Morgan fingerprint density at radius 1 is 1.48 bits per heavy atom. The molecule has 7 nitrogen and oxygen atoms in total. The number of rotatable bonds is 5. The van der Waals surface area contributed by atoms with Crippen LogP contribution in [0.1, 0.15) is 30.1 Å². The van der Waals surface area contributed by atoms with Crippen LogP contribution < -0.4 is 10.6 Å². The molecule has 1 fully saturated rings. The topological polar surface area (TPSA) is 108 Å². The van der Waals surface area contributed by atoms with Crippen molar-refractivity contribution in [2.75, 3.05) is 17.7 Å². The average Bonchev–Trinajstić information content (AvgIpc) is 3.44. The number of fused-ring (bicyclic) bond motifs is 1. The number of benzene rings is 1. The number of nitriles is 1. The Bertz CT molecular complexity index is 785. The van der Waals surface area contributed by atoms with E-state index in [9.17, 15) is 19.6 Å². The van der Waals surface area contributed by atoms with Gasteiger partial charge in [0.1, 0.15) is 5.54 Å². The molecule has 0 aromatic heterocycles. The number of nitrogens with one attached hydrogen (secondary N) is 2. The van der Waals surface area contributed by atoms with Crippen molar-refractivity contribution in [1.29, 1.82) is 5.26 Å². The van der Waals surface area contributed by atoms with Crippen molar-refractivity contribution in [3.05, 3.63) is 23.8 Å². The van der Waals surface area contributed by atoms with Crippen molar-refractivity contribution in [1.82, 2.24) is 5.32 Å². The van der Waals surface area contributed by atoms with Crippen LogP contribution in [0, 0.1) is 17.2 Å². The van der Waals surface area contributed by atoms with Crippen molar-refractivity contribution in [3.63, 3.8) is 0 Å². The Labute approximate surface area is 149 Å². The van der Waals surface area contributed by atoms with Crippen LogP contribution in [0.5, 0.6) is 0 Å². The summed E-state index contributed by atoms with van der Waals surface area (Å²) in [5.74, 6) is -0.800. The zero-order valence-corrected chi connectivity index (χ0v) is 14.4. The van der Waals surface area contributed by atoms with Gasteiger partial charge in [-0.15, -0.1) is 11.8 Å². The summed E-state index contributed by atoms with van der Waals surface area (Å²) in [6.45, 7) is 1.22. The fourth-order valence-corrected chi connectivity index (χ4v) is 3.42. The first-order valence-electron chi connectivity index (χ1n) is 7.87. The highest BCUT2D eigenvalue weighted by atomic mass is 32.2. The third-order valence-electron chi connectivity index (χ3n) is 4.21. The van der Waals surface area contributed by atoms with Gasteiger partial charge in [-0.05, 0) is 43.9 Å². The van der Waals surface area contributed by atoms with Gasteiger partial charge in [0.25, 0.3) is 5.91 Å². The first-order chi connectivity index (χ1) is 11.9. The lowest BCUT2D eigenvalue weighted by Gasteiger charge is -2.22. The summed E-state index contributed by atoms with van der Waals surface area (Å²) >= 11 is 1.39. The van der Waals surface area contributed by atoms with Gasteiger partial charge in [-0.3, -0.25) is 9.59 Å². The van der Waals surface area contributed by atoms with Crippen molar-refractivity contribution >= 4 is 35.2 Å². The summed E-state index contributed by atoms with van der Waals surface area (Å²) < 4.78 is 5.02. The summed E-state index contributed by atoms with van der Waals surface area (Å²) in [5, 5.41) is 14.6. The standard InChI is InChI=1S/C17H17N3O4S/c1-17(9-18,11-3-4-11)20-14(21)7-24-16(23)10-2-5-13-12(6-10)19-15(22)8-25-13/h2,5-6,11H,3-4,7-8H2,1H3,(H,19,22)(H,20,21). The van der Waals surface area contributed by atoms with Crippen molar-refractivity contribution in [3.8, 4) is 6.07 Å². The molecule has 3 rings (SSSR count). The summed E-state index contributed by atoms with van der Waals surface area (Å²) in [6, 6.07) is 6.97. The Kier molecular flexibility index (Phi) is 4.68. The molecule has 25 heavy (non-hydrogen) atoms. The molecule has 1 atom stereocenters. The van der Waals surface area contributed by atoms with Crippen LogP contribution in [0.3, 0.4) is 0 Å². The highest BCUT2D eigenvalue weighted by Crippen LogP contribution is 2.39. The number of hydrogen-bond donors (Lipinski definition) is 2. The number of carbonyl (C=O) groups excluding carboxylic acids is 3. The molecule has 2 aliphatic rings. The third-order valence-corrected chi connectivity index (χ3v) is 5.28. The second-order valence-corrected chi connectivity index (χ2v) is 7.28. The summed E-state index contributed by atoms with van der Waals surface area (Å²) in [5.41, 5.74) is -0.109. The van der Waals surface area contributed by atoms with Gasteiger partial charge in [0, 0.05) is 4.90 Å². The lowest BCUT2D eigenvalue weighted by atomic mass is 9.98. The summed E-state index contributed by atoms with van der Waals surface area (Å²) in [4.78, 5) is 36.4. The number of carbonyl (C=O) groups is 3. The molecule has 0 saturated heterocycles. The van der Waals surface area contributed by atoms with Crippen LogP contribution in [0.4, 0.5) is 5.69 Å². The molecule has 1 unspecified atom stereocenters. The number of thioether (sulfide) groups is 1. The van der Waals surface area contributed by atoms with E-state index < -0.39 is 24.0 Å². The van der Waals surface area contributed by atoms with Crippen LogP contribution in [0.15, 0.2) is 23.1 Å². The van der Waals surface area contributed by atoms with E-state index in [-0.39, 0.29) is 17.4 Å². The lowest BCUT2D eigenvalue weighted by Crippen LogP contribution is -2.48. The maximum Gasteiger partial charge on any atom is 0.338 e.